The fourth-order valence-corrected chi connectivity index (χ4v) is 3.69. The summed E-state index contributed by atoms with van der Waals surface area (Å²) in [7, 11) is 0. The minimum absolute atomic E-state index is 1.04. The van der Waals surface area contributed by atoms with Gasteiger partial charge in [0.25, 0.3) is 0 Å². The van der Waals surface area contributed by atoms with Crippen molar-refractivity contribution in [2.24, 2.45) is 0 Å². The molecule has 1 heteroatoms. The molecule has 0 saturated carbocycles. The van der Waals surface area contributed by atoms with Gasteiger partial charge in [0.15, 0.2) is 0 Å². The molecule has 0 unspecified atom stereocenters. The van der Waals surface area contributed by atoms with E-state index in [2.05, 4.69) is 86.0 Å². The van der Waals surface area contributed by atoms with E-state index < -0.39 is 0 Å². The smallest absolute Gasteiger partial charge is 0.0543 e. The first-order valence-corrected chi connectivity index (χ1v) is 8.85. The minimum Gasteiger partial charge on any atom is -0.309 e. The number of hydrogen-bond acceptors (Lipinski definition) is 0. The zero-order chi connectivity index (χ0) is 16.7. The molecule has 0 fully saturated rings. The van der Waals surface area contributed by atoms with Crippen LogP contribution in [0.15, 0.2) is 60.7 Å². The van der Waals surface area contributed by atoms with E-state index in [1.807, 2.05) is 0 Å². The number of benzene rings is 3. The lowest BCUT2D eigenvalue weighted by atomic mass is 10.1. The maximum Gasteiger partial charge on any atom is 0.0543 e. The number of rotatable bonds is 3. The minimum atomic E-state index is 1.04. The molecule has 0 spiro atoms. The Hall–Kier alpha value is -2.54. The van der Waals surface area contributed by atoms with Gasteiger partial charge < -0.3 is 4.57 Å². The third kappa shape index (κ3) is 2.24. The molecule has 1 heterocycles. The van der Waals surface area contributed by atoms with Crippen molar-refractivity contribution in [2.75, 3.05) is 0 Å². The number of para-hydroxylation sites is 1. The average Bonchev–Trinajstić information content (AvgIpc) is 2.94. The van der Waals surface area contributed by atoms with Crippen LogP contribution in [-0.2, 0) is 12.8 Å². The molecule has 24 heavy (non-hydrogen) atoms. The van der Waals surface area contributed by atoms with Gasteiger partial charge in [-0.15, -0.1) is 0 Å². The van der Waals surface area contributed by atoms with Gasteiger partial charge in [-0.05, 0) is 55.2 Å². The predicted molar refractivity (Wildman–Crippen MR) is 104 cm³/mol. The molecule has 0 aliphatic rings. The van der Waals surface area contributed by atoms with Gasteiger partial charge >= 0.3 is 0 Å². The van der Waals surface area contributed by atoms with Crippen molar-refractivity contribution in [3.05, 3.63) is 77.4 Å². The van der Waals surface area contributed by atoms with E-state index in [0.717, 1.165) is 12.8 Å². The van der Waals surface area contributed by atoms with Gasteiger partial charge in [0.1, 0.15) is 0 Å². The molecule has 120 valence electrons. The molecule has 4 rings (SSSR count). The number of nitrogens with zero attached hydrogens (tertiary/aromatic N) is 1. The van der Waals surface area contributed by atoms with Crippen molar-refractivity contribution < 1.29 is 0 Å². The molecule has 0 bridgehead atoms. The largest absolute Gasteiger partial charge is 0.309 e. The fraction of sp³-hybridized carbons (Fsp3) is 0.217. The van der Waals surface area contributed by atoms with Crippen LogP contribution in [0.2, 0.25) is 0 Å². The van der Waals surface area contributed by atoms with Crippen LogP contribution in [0.25, 0.3) is 27.5 Å². The van der Waals surface area contributed by atoms with Crippen LogP contribution < -0.4 is 0 Å². The second-order valence-corrected chi connectivity index (χ2v) is 6.54. The average molecular weight is 313 g/mol. The molecule has 1 nitrogen and oxygen atoms in total. The van der Waals surface area contributed by atoms with E-state index in [1.165, 1.54) is 44.2 Å². The van der Waals surface area contributed by atoms with Crippen molar-refractivity contribution in [1.29, 1.82) is 0 Å². The zero-order valence-corrected chi connectivity index (χ0v) is 14.6. The molecule has 4 aromatic rings. The number of aryl methyl sites for hydroxylation is 3. The van der Waals surface area contributed by atoms with Crippen LogP contribution in [0.1, 0.15) is 30.5 Å². The molecule has 0 aliphatic carbocycles. The monoisotopic (exact) mass is 313 g/mol. The highest BCUT2D eigenvalue weighted by molar-refractivity contribution is 6.09. The lowest BCUT2D eigenvalue weighted by Crippen LogP contribution is -1.99. The highest BCUT2D eigenvalue weighted by atomic mass is 15.0. The summed E-state index contributed by atoms with van der Waals surface area (Å²) in [5.41, 5.74) is 8.00. The van der Waals surface area contributed by atoms with Crippen LogP contribution >= 0.6 is 0 Å². The Morgan fingerprint density at radius 1 is 0.750 bits per heavy atom. The summed E-state index contributed by atoms with van der Waals surface area (Å²) in [6, 6.07) is 22.5. The van der Waals surface area contributed by atoms with Gasteiger partial charge in [-0.3, -0.25) is 0 Å². The zero-order valence-electron chi connectivity index (χ0n) is 14.6. The normalized spacial score (nSPS) is 11.5. The predicted octanol–water partition coefficient (Wildman–Crippen LogP) is 6.22. The van der Waals surface area contributed by atoms with Crippen molar-refractivity contribution in [3.63, 3.8) is 0 Å². The Morgan fingerprint density at radius 2 is 1.58 bits per heavy atom. The quantitative estimate of drug-likeness (QED) is 0.423. The summed E-state index contributed by atoms with van der Waals surface area (Å²) in [4.78, 5) is 0. The third-order valence-corrected chi connectivity index (χ3v) is 5.01. The van der Waals surface area contributed by atoms with E-state index in [4.69, 9.17) is 0 Å². The van der Waals surface area contributed by atoms with E-state index >= 15 is 0 Å². The second-order valence-electron chi connectivity index (χ2n) is 6.54. The lowest BCUT2D eigenvalue weighted by Gasteiger charge is -2.13. The van der Waals surface area contributed by atoms with Crippen molar-refractivity contribution in [3.8, 4) is 5.69 Å². The standard InChI is InChI=1S/C23H23N/c1-4-17-11-12-19-20-14-16(3)10-13-22(20)24(23(19)15-17)21-9-7-6-8-18(21)5-2/h6-15H,4-5H2,1-3H3. The summed E-state index contributed by atoms with van der Waals surface area (Å²) in [5, 5.41) is 2.69. The van der Waals surface area contributed by atoms with E-state index in [9.17, 15) is 0 Å². The van der Waals surface area contributed by atoms with Crippen molar-refractivity contribution in [2.45, 2.75) is 33.6 Å². The molecule has 0 radical (unpaired) electrons. The SMILES string of the molecule is CCc1ccc2c3cc(C)ccc3n(-c3ccccc3CC)c2c1. The molecule has 0 saturated heterocycles. The van der Waals surface area contributed by atoms with E-state index in [0.29, 0.717) is 0 Å². The Labute approximate surface area is 143 Å². The van der Waals surface area contributed by atoms with Crippen LogP contribution in [0.3, 0.4) is 0 Å². The van der Waals surface area contributed by atoms with Gasteiger partial charge in [-0.1, -0.05) is 55.8 Å². The van der Waals surface area contributed by atoms with Gasteiger partial charge in [0.05, 0.1) is 11.0 Å². The highest BCUT2D eigenvalue weighted by Gasteiger charge is 2.14. The Balaban J connectivity index is 2.19. The Morgan fingerprint density at radius 3 is 2.38 bits per heavy atom. The molecular formula is C23H23N. The highest BCUT2D eigenvalue weighted by Crippen LogP contribution is 2.34. The van der Waals surface area contributed by atoms with Gasteiger partial charge in [0, 0.05) is 16.5 Å². The number of hydrogen-bond donors (Lipinski definition) is 0. The Kier molecular flexibility index (Phi) is 3.65. The third-order valence-electron chi connectivity index (χ3n) is 5.01. The summed E-state index contributed by atoms with van der Waals surface area (Å²) >= 11 is 0. The molecule has 0 N–H and O–H groups in total. The van der Waals surface area contributed by atoms with Gasteiger partial charge in [-0.25, -0.2) is 0 Å². The summed E-state index contributed by atoms with van der Waals surface area (Å²) < 4.78 is 2.45. The molecule has 0 amide bonds. The topological polar surface area (TPSA) is 4.93 Å². The molecule has 0 aliphatic heterocycles. The Bertz CT molecular complexity index is 1040. The van der Waals surface area contributed by atoms with Gasteiger partial charge in [-0.2, -0.15) is 0 Å². The van der Waals surface area contributed by atoms with Crippen LogP contribution in [0.4, 0.5) is 0 Å². The molecule has 3 aromatic carbocycles. The van der Waals surface area contributed by atoms with E-state index in [-0.39, 0.29) is 0 Å². The molecule has 0 atom stereocenters. The molecule has 1 aromatic heterocycles. The van der Waals surface area contributed by atoms with Crippen LogP contribution in [0, 0.1) is 6.92 Å². The summed E-state index contributed by atoms with van der Waals surface area (Å²) in [5.74, 6) is 0. The maximum absolute atomic E-state index is 2.45. The van der Waals surface area contributed by atoms with E-state index in [1.54, 1.807) is 0 Å². The van der Waals surface area contributed by atoms with Crippen molar-refractivity contribution >= 4 is 21.8 Å². The number of aromatic nitrogens is 1. The first kappa shape index (κ1) is 15.0. The first-order valence-electron chi connectivity index (χ1n) is 8.85. The van der Waals surface area contributed by atoms with Crippen LogP contribution in [0.5, 0.6) is 0 Å². The second kappa shape index (κ2) is 5.83. The first-order chi connectivity index (χ1) is 11.7. The summed E-state index contributed by atoms with van der Waals surface area (Å²) in [6.45, 7) is 6.62. The lowest BCUT2D eigenvalue weighted by molar-refractivity contribution is 1.06. The fourth-order valence-electron chi connectivity index (χ4n) is 3.69. The van der Waals surface area contributed by atoms with Crippen LogP contribution in [-0.4, -0.2) is 4.57 Å². The van der Waals surface area contributed by atoms with Gasteiger partial charge in [0.2, 0.25) is 0 Å². The summed E-state index contributed by atoms with van der Waals surface area (Å²) in [6.07, 6.45) is 2.10. The number of fused-ring (bicyclic) bond motifs is 3. The maximum atomic E-state index is 2.45. The molecular weight excluding hydrogens is 290 g/mol. The van der Waals surface area contributed by atoms with Crippen molar-refractivity contribution in [1.82, 2.24) is 4.57 Å².